The summed E-state index contributed by atoms with van der Waals surface area (Å²) < 4.78 is 6.50. The second-order valence-electron chi connectivity index (χ2n) is 7.95. The molecule has 0 aromatic rings. The molecule has 0 aromatic heterocycles. The summed E-state index contributed by atoms with van der Waals surface area (Å²) in [4.78, 5) is 12.4. The van der Waals surface area contributed by atoms with Crippen molar-refractivity contribution in [2.75, 3.05) is 0 Å². The minimum Gasteiger partial charge on any atom is -0.547 e. The number of carbonyl (C=O) groups is 1. The zero-order valence-corrected chi connectivity index (χ0v) is 15.0. The molecular weight excluding hydrogens is 264 g/mol. The van der Waals surface area contributed by atoms with E-state index in [2.05, 4.69) is 47.4 Å². The van der Waals surface area contributed by atoms with Crippen LogP contribution in [0.1, 0.15) is 41.0 Å². The maximum absolute atomic E-state index is 12.4. The Labute approximate surface area is 124 Å². The fraction of sp³-hybridized carbons (Fsp3) is 0.706. The van der Waals surface area contributed by atoms with Crippen molar-refractivity contribution in [2.24, 2.45) is 17.3 Å². The number of carbonyl (C=O) groups excluding carboxylic acids is 1. The van der Waals surface area contributed by atoms with Gasteiger partial charge in [0.05, 0.1) is 11.2 Å². The molecule has 0 heterocycles. The first-order valence-electron chi connectivity index (χ1n) is 7.56. The first kappa shape index (κ1) is 15.6. The highest BCUT2D eigenvalue weighted by Crippen LogP contribution is 2.61. The minimum absolute atomic E-state index is 0.142. The number of ketones is 1. The van der Waals surface area contributed by atoms with E-state index in [0.717, 1.165) is 17.8 Å². The van der Waals surface area contributed by atoms with E-state index >= 15 is 0 Å². The summed E-state index contributed by atoms with van der Waals surface area (Å²) in [5.41, 5.74) is 0.697. The summed E-state index contributed by atoms with van der Waals surface area (Å²) in [6.07, 6.45) is 2.76. The van der Waals surface area contributed by atoms with Gasteiger partial charge in [-0.05, 0) is 36.5 Å². The third kappa shape index (κ3) is 1.78. The van der Waals surface area contributed by atoms with Crippen molar-refractivity contribution in [2.45, 2.75) is 59.2 Å². The highest BCUT2D eigenvalue weighted by molar-refractivity contribution is 6.74. The van der Waals surface area contributed by atoms with E-state index < -0.39 is 13.7 Å². The van der Waals surface area contributed by atoms with Crippen LogP contribution in [-0.2, 0) is 9.22 Å². The number of allylic oxidation sites excluding steroid dienone is 3. The Morgan fingerprint density at radius 1 is 1.40 bits per heavy atom. The fourth-order valence-corrected chi connectivity index (χ4v) is 4.57. The van der Waals surface area contributed by atoms with E-state index in [-0.39, 0.29) is 11.0 Å². The van der Waals surface area contributed by atoms with E-state index in [0.29, 0.717) is 11.7 Å². The van der Waals surface area contributed by atoms with Crippen LogP contribution in [0.3, 0.4) is 0 Å². The molecule has 0 aromatic carbocycles. The molecule has 20 heavy (non-hydrogen) atoms. The van der Waals surface area contributed by atoms with Crippen molar-refractivity contribution in [3.8, 4) is 0 Å². The standard InChI is InChI=1S/C17H28O2Si/c1-9-17-12(3)14(10-13(17)11(2)15(17)18)19-20(7,8)16(4,5)6/h9,11,13H,1,10H2,2-8H3/t11-,13?,17-/m0/s1. The number of hydrogen-bond donors (Lipinski definition) is 0. The molecule has 0 radical (unpaired) electrons. The topological polar surface area (TPSA) is 26.3 Å². The van der Waals surface area contributed by atoms with Crippen LogP contribution in [0, 0.1) is 17.3 Å². The van der Waals surface area contributed by atoms with Gasteiger partial charge < -0.3 is 4.43 Å². The van der Waals surface area contributed by atoms with Crippen LogP contribution < -0.4 is 0 Å². The van der Waals surface area contributed by atoms with Crippen LogP contribution in [0.2, 0.25) is 18.1 Å². The van der Waals surface area contributed by atoms with Crippen molar-refractivity contribution in [3.63, 3.8) is 0 Å². The first-order chi connectivity index (χ1) is 8.99. The molecule has 2 nitrogen and oxygen atoms in total. The molecule has 0 spiro atoms. The molecule has 0 bridgehead atoms. The summed E-state index contributed by atoms with van der Waals surface area (Å²) in [7, 11) is -1.84. The van der Waals surface area contributed by atoms with Crippen molar-refractivity contribution in [1.82, 2.24) is 0 Å². The molecule has 1 unspecified atom stereocenters. The normalized spacial score (nSPS) is 33.9. The predicted octanol–water partition coefficient (Wildman–Crippen LogP) is 4.69. The highest BCUT2D eigenvalue weighted by atomic mass is 28.4. The van der Waals surface area contributed by atoms with Gasteiger partial charge >= 0.3 is 0 Å². The zero-order valence-electron chi connectivity index (χ0n) is 14.0. The lowest BCUT2D eigenvalue weighted by Crippen LogP contribution is -2.53. The Bertz CT molecular complexity index is 496. The Balaban J connectivity index is 2.34. The van der Waals surface area contributed by atoms with Crippen molar-refractivity contribution >= 4 is 14.1 Å². The quantitative estimate of drug-likeness (QED) is 0.557. The summed E-state index contributed by atoms with van der Waals surface area (Å²) >= 11 is 0. The van der Waals surface area contributed by atoms with Crippen LogP contribution in [0.5, 0.6) is 0 Å². The smallest absolute Gasteiger partial charge is 0.250 e. The average molecular weight is 292 g/mol. The highest BCUT2D eigenvalue weighted by Gasteiger charge is 2.63. The Kier molecular flexibility index (Phi) is 3.37. The van der Waals surface area contributed by atoms with Crippen LogP contribution in [0.15, 0.2) is 24.0 Å². The van der Waals surface area contributed by atoms with Gasteiger partial charge in [0.25, 0.3) is 0 Å². The van der Waals surface area contributed by atoms with Gasteiger partial charge in [0, 0.05) is 12.3 Å². The maximum atomic E-state index is 12.4. The van der Waals surface area contributed by atoms with E-state index in [9.17, 15) is 4.79 Å². The van der Waals surface area contributed by atoms with Crippen molar-refractivity contribution in [3.05, 3.63) is 24.0 Å². The number of rotatable bonds is 3. The molecule has 3 heteroatoms. The maximum Gasteiger partial charge on any atom is 0.250 e. The molecule has 112 valence electrons. The van der Waals surface area contributed by atoms with Gasteiger partial charge in [-0.2, -0.15) is 0 Å². The van der Waals surface area contributed by atoms with Crippen LogP contribution in [-0.4, -0.2) is 14.1 Å². The molecule has 1 fully saturated rings. The van der Waals surface area contributed by atoms with Gasteiger partial charge in [-0.1, -0.05) is 33.8 Å². The molecule has 0 saturated heterocycles. The lowest BCUT2D eigenvalue weighted by atomic mass is 9.53. The fourth-order valence-electron chi connectivity index (χ4n) is 3.41. The Morgan fingerprint density at radius 3 is 2.35 bits per heavy atom. The van der Waals surface area contributed by atoms with E-state index in [1.54, 1.807) is 0 Å². The lowest BCUT2D eigenvalue weighted by Gasteiger charge is -2.47. The molecule has 0 N–H and O–H groups in total. The third-order valence-electron chi connectivity index (χ3n) is 5.96. The number of hydrogen-bond acceptors (Lipinski definition) is 2. The molecule has 1 saturated carbocycles. The molecule has 2 rings (SSSR count). The van der Waals surface area contributed by atoms with Crippen LogP contribution in [0.4, 0.5) is 0 Å². The summed E-state index contributed by atoms with van der Waals surface area (Å²) in [6, 6.07) is 0. The van der Waals surface area contributed by atoms with Gasteiger partial charge in [0.15, 0.2) is 0 Å². The van der Waals surface area contributed by atoms with E-state index in [1.807, 2.05) is 13.0 Å². The van der Waals surface area contributed by atoms with Gasteiger partial charge in [0.1, 0.15) is 5.78 Å². The van der Waals surface area contributed by atoms with Crippen LogP contribution in [0.25, 0.3) is 0 Å². The number of fused-ring (bicyclic) bond motifs is 1. The van der Waals surface area contributed by atoms with Crippen molar-refractivity contribution < 1.29 is 9.22 Å². The summed E-state index contributed by atoms with van der Waals surface area (Å²) in [5, 5.41) is 0.179. The van der Waals surface area contributed by atoms with Crippen LogP contribution >= 0.6 is 0 Å². The zero-order chi connectivity index (χ0) is 15.5. The molecule has 3 atom stereocenters. The second kappa shape index (κ2) is 4.33. The summed E-state index contributed by atoms with van der Waals surface area (Å²) in [5.74, 6) is 1.90. The van der Waals surface area contributed by atoms with Crippen molar-refractivity contribution in [1.29, 1.82) is 0 Å². The molecule has 0 aliphatic heterocycles. The second-order valence-corrected chi connectivity index (χ2v) is 12.7. The molecular formula is C17H28O2Si. The minimum atomic E-state index is -1.84. The van der Waals surface area contributed by atoms with Gasteiger partial charge in [0.2, 0.25) is 8.32 Å². The first-order valence-corrected chi connectivity index (χ1v) is 10.5. The average Bonchev–Trinajstić information content (AvgIpc) is 2.58. The lowest BCUT2D eigenvalue weighted by molar-refractivity contribution is -0.144. The molecule has 2 aliphatic rings. The molecule has 2 aliphatic carbocycles. The summed E-state index contributed by atoms with van der Waals surface area (Å²) in [6.45, 7) is 19.3. The van der Waals surface area contributed by atoms with Gasteiger partial charge in [-0.15, -0.1) is 6.58 Å². The largest absolute Gasteiger partial charge is 0.547 e. The third-order valence-corrected chi connectivity index (χ3v) is 10.3. The van der Waals surface area contributed by atoms with E-state index in [1.165, 1.54) is 0 Å². The number of Topliss-reactive ketones (excluding diaryl/α,β-unsaturated/α-hetero) is 1. The van der Waals surface area contributed by atoms with Gasteiger partial charge in [-0.25, -0.2) is 0 Å². The molecule has 0 amide bonds. The van der Waals surface area contributed by atoms with E-state index in [4.69, 9.17) is 4.43 Å². The predicted molar refractivity (Wildman–Crippen MR) is 85.9 cm³/mol. The van der Waals surface area contributed by atoms with Gasteiger partial charge in [-0.3, -0.25) is 4.79 Å². The SMILES string of the molecule is C=C[C@@]12C(=O)[C@@H](C)C1CC(O[Si](C)(C)C(C)(C)C)=C2C. The monoisotopic (exact) mass is 292 g/mol. The Hall–Kier alpha value is -0.833. The Morgan fingerprint density at radius 2 is 1.95 bits per heavy atom.